The molecule has 0 aromatic heterocycles. The van der Waals surface area contributed by atoms with Gasteiger partial charge in [-0.3, -0.25) is 0 Å². The summed E-state index contributed by atoms with van der Waals surface area (Å²) in [6.07, 6.45) is 0. The van der Waals surface area contributed by atoms with Crippen molar-refractivity contribution in [2.75, 3.05) is 7.11 Å². The Morgan fingerprint density at radius 1 is 1.00 bits per heavy atom. The van der Waals surface area contributed by atoms with Crippen molar-refractivity contribution in [2.24, 2.45) is 0 Å². The molecule has 11 heavy (non-hydrogen) atoms. The van der Waals surface area contributed by atoms with Gasteiger partial charge < -0.3 is 4.74 Å². The van der Waals surface area contributed by atoms with Crippen LogP contribution >= 0.6 is 48.0 Å². The van der Waals surface area contributed by atoms with E-state index in [-0.39, 0.29) is 67.4 Å². The second-order valence-electron chi connectivity index (χ2n) is 1.52. The molecule has 1 aromatic rings. The van der Waals surface area contributed by atoms with Gasteiger partial charge >= 0.3 is 0 Å². The fourth-order valence-electron chi connectivity index (χ4n) is 0.557. The summed E-state index contributed by atoms with van der Waals surface area (Å²) in [5.41, 5.74) is 0. The van der Waals surface area contributed by atoms with Crippen LogP contribution in [0.3, 0.4) is 0 Å². The molecule has 1 nitrogen and oxygen atoms in total. The van der Waals surface area contributed by atoms with Gasteiger partial charge in [-0.15, -0.1) is 48.0 Å². The second kappa shape index (κ2) is 11.1. The van der Waals surface area contributed by atoms with Crippen molar-refractivity contribution in [1.82, 2.24) is 0 Å². The van der Waals surface area contributed by atoms with Gasteiger partial charge in [0.1, 0.15) is 5.75 Å². The summed E-state index contributed by atoms with van der Waals surface area (Å²) < 4.78 is 4.91. The smallest absolute Gasteiger partial charge is 0.118 e. The molecule has 0 atom stereocenters. The summed E-state index contributed by atoms with van der Waals surface area (Å²) in [6, 6.07) is 9.68. The molecule has 0 aliphatic carbocycles. The number of para-hydroxylation sites is 1. The van der Waals surface area contributed by atoms with Crippen molar-refractivity contribution in [2.45, 2.75) is 0 Å². The Kier molecular flexibility index (Phi) is 18.2. The normalized spacial score (nSPS) is 6.27. The molecule has 1 aromatic carbocycles. The van der Waals surface area contributed by atoms with Crippen molar-refractivity contribution in [3.63, 3.8) is 0 Å². The molecular formula is C7H10I2ORu. The Morgan fingerprint density at radius 3 is 1.73 bits per heavy atom. The molecule has 0 saturated heterocycles. The predicted octanol–water partition coefficient (Wildman–Crippen LogP) is 2.93. The maximum absolute atomic E-state index is 4.91. The zero-order valence-electron chi connectivity index (χ0n) is 5.97. The average molecular weight is 465 g/mol. The first-order chi connectivity index (χ1) is 3.93. The van der Waals surface area contributed by atoms with Crippen molar-refractivity contribution < 1.29 is 24.2 Å². The Bertz CT molecular complexity index is 158. The van der Waals surface area contributed by atoms with Crippen LogP contribution in [0.4, 0.5) is 0 Å². The first-order valence-electron chi connectivity index (χ1n) is 2.52. The summed E-state index contributed by atoms with van der Waals surface area (Å²) in [5.74, 6) is 0.910. The van der Waals surface area contributed by atoms with Crippen molar-refractivity contribution in [3.05, 3.63) is 30.3 Å². The van der Waals surface area contributed by atoms with E-state index in [9.17, 15) is 0 Å². The number of ether oxygens (including phenoxy) is 1. The van der Waals surface area contributed by atoms with E-state index >= 15 is 0 Å². The zero-order valence-corrected chi connectivity index (χ0v) is 12.4. The standard InChI is InChI=1S/C7H8O.2HI.Ru/c1-8-7-5-3-2-4-6-7;;;/h2-6H,1H3;2*1H;. The van der Waals surface area contributed by atoms with Gasteiger partial charge in [-0.25, -0.2) is 0 Å². The molecule has 0 N–H and O–H groups in total. The number of hydrogen-bond donors (Lipinski definition) is 0. The van der Waals surface area contributed by atoms with Crippen LogP contribution in [0.1, 0.15) is 0 Å². The minimum Gasteiger partial charge on any atom is -0.497 e. The van der Waals surface area contributed by atoms with Crippen LogP contribution in [-0.2, 0) is 19.5 Å². The van der Waals surface area contributed by atoms with Gasteiger partial charge in [0.2, 0.25) is 0 Å². The third-order valence-electron chi connectivity index (χ3n) is 0.979. The first kappa shape index (κ1) is 18.0. The topological polar surface area (TPSA) is 9.23 Å². The van der Waals surface area contributed by atoms with E-state index in [4.69, 9.17) is 4.74 Å². The predicted molar refractivity (Wildman–Crippen MR) is 63.8 cm³/mol. The molecular weight excluding hydrogens is 455 g/mol. The summed E-state index contributed by atoms with van der Waals surface area (Å²) in [5, 5.41) is 0. The van der Waals surface area contributed by atoms with E-state index in [2.05, 4.69) is 0 Å². The molecule has 1 rings (SSSR count). The van der Waals surface area contributed by atoms with E-state index in [0.717, 1.165) is 5.75 Å². The molecule has 4 heteroatoms. The number of hydrogen-bond acceptors (Lipinski definition) is 1. The van der Waals surface area contributed by atoms with Crippen LogP contribution in [0, 0.1) is 0 Å². The Labute approximate surface area is 114 Å². The monoisotopic (exact) mass is 466 g/mol. The Balaban J connectivity index is -0.000000213. The van der Waals surface area contributed by atoms with Gasteiger partial charge in [-0.2, -0.15) is 0 Å². The van der Waals surface area contributed by atoms with Crippen LogP contribution in [-0.4, -0.2) is 7.11 Å². The number of rotatable bonds is 1. The molecule has 0 radical (unpaired) electrons. The summed E-state index contributed by atoms with van der Waals surface area (Å²) in [7, 11) is 1.66. The fraction of sp³-hybridized carbons (Fsp3) is 0.143. The molecule has 0 heterocycles. The molecule has 0 unspecified atom stereocenters. The van der Waals surface area contributed by atoms with E-state index in [1.807, 2.05) is 30.3 Å². The van der Waals surface area contributed by atoms with Gasteiger partial charge in [0.25, 0.3) is 0 Å². The van der Waals surface area contributed by atoms with E-state index in [1.165, 1.54) is 0 Å². The third kappa shape index (κ3) is 7.46. The second-order valence-corrected chi connectivity index (χ2v) is 1.52. The molecule has 0 spiro atoms. The SMILES string of the molecule is COc1ccccc1.I.I.[Ru]. The van der Waals surface area contributed by atoms with Gasteiger partial charge in [-0.05, 0) is 12.1 Å². The van der Waals surface area contributed by atoms with Gasteiger partial charge in [0.05, 0.1) is 7.11 Å². The molecule has 0 saturated carbocycles. The first-order valence-corrected chi connectivity index (χ1v) is 2.52. The van der Waals surface area contributed by atoms with Crippen LogP contribution in [0.15, 0.2) is 30.3 Å². The maximum Gasteiger partial charge on any atom is 0.118 e. The molecule has 0 amide bonds. The fourth-order valence-corrected chi connectivity index (χ4v) is 0.557. The average Bonchev–Trinajstić information content (AvgIpc) is 1.90. The quantitative estimate of drug-likeness (QED) is 0.458. The largest absolute Gasteiger partial charge is 0.497 e. The molecule has 0 aliphatic rings. The van der Waals surface area contributed by atoms with Crippen LogP contribution < -0.4 is 4.74 Å². The third-order valence-corrected chi connectivity index (χ3v) is 0.979. The molecule has 0 aliphatic heterocycles. The zero-order chi connectivity index (χ0) is 5.82. The maximum atomic E-state index is 4.91. The Morgan fingerprint density at radius 2 is 1.45 bits per heavy atom. The molecule has 66 valence electrons. The number of benzene rings is 1. The van der Waals surface area contributed by atoms with Crippen molar-refractivity contribution >= 4 is 48.0 Å². The van der Waals surface area contributed by atoms with E-state index in [0.29, 0.717) is 0 Å². The van der Waals surface area contributed by atoms with Crippen LogP contribution in [0.25, 0.3) is 0 Å². The summed E-state index contributed by atoms with van der Waals surface area (Å²) in [4.78, 5) is 0. The van der Waals surface area contributed by atoms with Crippen molar-refractivity contribution in [1.29, 1.82) is 0 Å². The van der Waals surface area contributed by atoms with Crippen LogP contribution in [0.5, 0.6) is 5.75 Å². The Hall–Kier alpha value is 1.10. The summed E-state index contributed by atoms with van der Waals surface area (Å²) in [6.45, 7) is 0. The number of methoxy groups -OCH3 is 1. The van der Waals surface area contributed by atoms with Crippen LogP contribution in [0.2, 0.25) is 0 Å². The molecule has 0 bridgehead atoms. The minimum atomic E-state index is 0. The van der Waals surface area contributed by atoms with Gasteiger partial charge in [-0.1, -0.05) is 18.2 Å². The van der Waals surface area contributed by atoms with Gasteiger partial charge in [0.15, 0.2) is 0 Å². The van der Waals surface area contributed by atoms with E-state index in [1.54, 1.807) is 7.11 Å². The van der Waals surface area contributed by atoms with Crippen molar-refractivity contribution in [3.8, 4) is 5.75 Å². The van der Waals surface area contributed by atoms with Gasteiger partial charge in [0, 0.05) is 19.5 Å². The van der Waals surface area contributed by atoms with E-state index < -0.39 is 0 Å². The molecule has 0 fully saturated rings. The number of halogens is 2. The minimum absolute atomic E-state index is 0. The summed E-state index contributed by atoms with van der Waals surface area (Å²) >= 11 is 0.